The summed E-state index contributed by atoms with van der Waals surface area (Å²) in [6.07, 6.45) is 4.22. The van der Waals surface area contributed by atoms with Crippen LogP contribution in [0.15, 0.2) is 18.3 Å². The van der Waals surface area contributed by atoms with E-state index in [0.717, 1.165) is 12.4 Å². The fourth-order valence-electron chi connectivity index (χ4n) is 2.09. The van der Waals surface area contributed by atoms with Gasteiger partial charge in [-0.15, -0.1) is 0 Å². The van der Waals surface area contributed by atoms with Gasteiger partial charge in [0.2, 0.25) is 0 Å². The highest BCUT2D eigenvalue weighted by molar-refractivity contribution is 5.38. The van der Waals surface area contributed by atoms with Gasteiger partial charge in [0, 0.05) is 18.3 Å². The summed E-state index contributed by atoms with van der Waals surface area (Å²) in [5.41, 5.74) is 1.26. The molecule has 15 heavy (non-hydrogen) atoms. The van der Waals surface area contributed by atoms with Crippen LogP contribution in [-0.4, -0.2) is 23.6 Å². The average Bonchev–Trinajstić information content (AvgIpc) is 2.17. The zero-order valence-electron chi connectivity index (χ0n) is 9.46. The van der Waals surface area contributed by atoms with Crippen molar-refractivity contribution >= 4 is 5.82 Å². The quantitative estimate of drug-likeness (QED) is 0.774. The van der Waals surface area contributed by atoms with Gasteiger partial charge in [-0.2, -0.15) is 0 Å². The molecule has 82 valence electrons. The number of rotatable bonds is 2. The maximum Gasteiger partial charge on any atom is 0.126 e. The predicted octanol–water partition coefficient (Wildman–Crippen LogP) is 1.94. The highest BCUT2D eigenvalue weighted by Gasteiger charge is 2.17. The van der Waals surface area contributed by atoms with Crippen LogP contribution in [0.4, 0.5) is 5.82 Å². The summed E-state index contributed by atoms with van der Waals surface area (Å²) in [6.45, 7) is 5.43. The van der Waals surface area contributed by atoms with Gasteiger partial charge >= 0.3 is 0 Å². The Labute approximate surface area is 91.3 Å². The van der Waals surface area contributed by atoms with E-state index in [1.807, 2.05) is 12.3 Å². The van der Waals surface area contributed by atoms with Crippen molar-refractivity contribution in [2.75, 3.05) is 11.9 Å². The maximum atomic E-state index is 4.33. The Morgan fingerprint density at radius 2 is 2.40 bits per heavy atom. The standard InChI is InChI=1S/C12H19N3/c1-9-3-5-14-12(7-9)15-11-4-6-13-10(2)8-11/h3,5,7,10-11,13H,4,6,8H2,1-2H3,(H,14,15). The first kappa shape index (κ1) is 10.4. The molecule has 1 saturated heterocycles. The monoisotopic (exact) mass is 205 g/mol. The minimum absolute atomic E-state index is 0.565. The van der Waals surface area contributed by atoms with Gasteiger partial charge in [0.1, 0.15) is 5.82 Å². The molecule has 0 aliphatic carbocycles. The smallest absolute Gasteiger partial charge is 0.126 e. The number of hydrogen-bond acceptors (Lipinski definition) is 3. The molecule has 1 aromatic rings. The summed E-state index contributed by atoms with van der Waals surface area (Å²) in [4.78, 5) is 4.33. The van der Waals surface area contributed by atoms with Gasteiger partial charge in [-0.3, -0.25) is 0 Å². The van der Waals surface area contributed by atoms with Gasteiger partial charge < -0.3 is 10.6 Å². The highest BCUT2D eigenvalue weighted by Crippen LogP contribution is 2.14. The molecule has 0 radical (unpaired) electrons. The number of nitrogens with zero attached hydrogens (tertiary/aromatic N) is 1. The molecular formula is C12H19N3. The first-order valence-electron chi connectivity index (χ1n) is 5.66. The van der Waals surface area contributed by atoms with Gasteiger partial charge in [0.15, 0.2) is 0 Å². The summed E-state index contributed by atoms with van der Waals surface area (Å²) in [5, 5.41) is 6.95. The number of piperidine rings is 1. The molecule has 0 amide bonds. The second-order valence-electron chi connectivity index (χ2n) is 4.44. The van der Waals surface area contributed by atoms with Gasteiger partial charge in [-0.1, -0.05) is 0 Å². The van der Waals surface area contributed by atoms with Crippen molar-refractivity contribution in [2.24, 2.45) is 0 Å². The highest BCUT2D eigenvalue weighted by atomic mass is 15.0. The molecule has 3 nitrogen and oxygen atoms in total. The van der Waals surface area contributed by atoms with Gasteiger partial charge in [0.25, 0.3) is 0 Å². The van der Waals surface area contributed by atoms with E-state index < -0.39 is 0 Å². The van der Waals surface area contributed by atoms with Crippen LogP contribution in [0.25, 0.3) is 0 Å². The number of nitrogens with one attached hydrogen (secondary N) is 2. The van der Waals surface area contributed by atoms with Crippen LogP contribution >= 0.6 is 0 Å². The van der Waals surface area contributed by atoms with Crippen molar-refractivity contribution < 1.29 is 0 Å². The lowest BCUT2D eigenvalue weighted by atomic mass is 10.0. The molecule has 0 aromatic carbocycles. The molecule has 3 heteroatoms. The van der Waals surface area contributed by atoms with E-state index in [4.69, 9.17) is 0 Å². The Kier molecular flexibility index (Phi) is 3.21. The normalized spacial score (nSPS) is 26.3. The lowest BCUT2D eigenvalue weighted by Gasteiger charge is -2.29. The van der Waals surface area contributed by atoms with Crippen molar-refractivity contribution in [3.05, 3.63) is 23.9 Å². The van der Waals surface area contributed by atoms with Crippen LogP contribution in [0.2, 0.25) is 0 Å². The van der Waals surface area contributed by atoms with Crippen LogP contribution in [0.5, 0.6) is 0 Å². The predicted molar refractivity (Wildman–Crippen MR) is 63.1 cm³/mol. The summed E-state index contributed by atoms with van der Waals surface area (Å²) < 4.78 is 0. The SMILES string of the molecule is Cc1ccnc(NC2CCNC(C)C2)c1. The van der Waals surface area contributed by atoms with E-state index in [1.165, 1.54) is 18.4 Å². The van der Waals surface area contributed by atoms with Gasteiger partial charge in [-0.25, -0.2) is 4.98 Å². The first-order valence-corrected chi connectivity index (χ1v) is 5.66. The van der Waals surface area contributed by atoms with Crippen LogP contribution in [-0.2, 0) is 0 Å². The molecule has 0 saturated carbocycles. The third-order valence-corrected chi connectivity index (χ3v) is 2.89. The lowest BCUT2D eigenvalue weighted by Crippen LogP contribution is -2.41. The molecule has 0 bridgehead atoms. The molecule has 2 rings (SSSR count). The van der Waals surface area contributed by atoms with Crippen LogP contribution < -0.4 is 10.6 Å². The second kappa shape index (κ2) is 4.62. The van der Waals surface area contributed by atoms with Crippen molar-refractivity contribution in [2.45, 2.75) is 38.8 Å². The number of aromatic nitrogens is 1. The van der Waals surface area contributed by atoms with Crippen molar-refractivity contribution in [3.63, 3.8) is 0 Å². The Bertz CT molecular complexity index is 324. The van der Waals surface area contributed by atoms with Crippen molar-refractivity contribution in [3.8, 4) is 0 Å². The fraction of sp³-hybridized carbons (Fsp3) is 0.583. The summed E-state index contributed by atoms with van der Waals surface area (Å²) in [6, 6.07) is 5.31. The number of pyridine rings is 1. The number of hydrogen-bond donors (Lipinski definition) is 2. The zero-order valence-corrected chi connectivity index (χ0v) is 9.46. The lowest BCUT2D eigenvalue weighted by molar-refractivity contribution is 0.396. The Balaban J connectivity index is 1.96. The summed E-state index contributed by atoms with van der Waals surface area (Å²) in [5.74, 6) is 1.01. The molecule has 2 atom stereocenters. The molecule has 1 aromatic heterocycles. The van der Waals surface area contributed by atoms with Crippen molar-refractivity contribution in [1.29, 1.82) is 0 Å². The molecule has 0 spiro atoms. The minimum atomic E-state index is 0.565. The van der Waals surface area contributed by atoms with Crippen LogP contribution in [0.1, 0.15) is 25.3 Å². The Morgan fingerprint density at radius 1 is 1.53 bits per heavy atom. The molecular weight excluding hydrogens is 186 g/mol. The van der Waals surface area contributed by atoms with E-state index in [9.17, 15) is 0 Å². The molecule has 1 fully saturated rings. The zero-order chi connectivity index (χ0) is 10.7. The molecule has 2 N–H and O–H groups in total. The summed E-state index contributed by atoms with van der Waals surface area (Å²) in [7, 11) is 0. The number of anilines is 1. The van der Waals surface area contributed by atoms with Crippen molar-refractivity contribution in [1.82, 2.24) is 10.3 Å². The van der Waals surface area contributed by atoms with E-state index in [0.29, 0.717) is 12.1 Å². The molecule has 2 unspecified atom stereocenters. The topological polar surface area (TPSA) is 37.0 Å². The van der Waals surface area contributed by atoms with Crippen LogP contribution in [0, 0.1) is 6.92 Å². The van der Waals surface area contributed by atoms with E-state index in [-0.39, 0.29) is 0 Å². The fourth-order valence-corrected chi connectivity index (χ4v) is 2.09. The van der Waals surface area contributed by atoms with Gasteiger partial charge in [0.05, 0.1) is 0 Å². The maximum absolute atomic E-state index is 4.33. The molecule has 1 aliphatic heterocycles. The summed E-state index contributed by atoms with van der Waals surface area (Å²) >= 11 is 0. The number of aryl methyl sites for hydroxylation is 1. The van der Waals surface area contributed by atoms with E-state index >= 15 is 0 Å². The van der Waals surface area contributed by atoms with E-state index in [1.54, 1.807) is 0 Å². The second-order valence-corrected chi connectivity index (χ2v) is 4.44. The van der Waals surface area contributed by atoms with Gasteiger partial charge in [-0.05, 0) is 50.9 Å². The third kappa shape index (κ3) is 2.93. The van der Waals surface area contributed by atoms with E-state index in [2.05, 4.69) is 35.5 Å². The average molecular weight is 205 g/mol. The largest absolute Gasteiger partial charge is 0.367 e. The molecule has 1 aliphatic rings. The molecule has 2 heterocycles. The minimum Gasteiger partial charge on any atom is -0.367 e. The Hall–Kier alpha value is -1.09. The first-order chi connectivity index (χ1) is 7.24. The van der Waals surface area contributed by atoms with Crippen LogP contribution in [0.3, 0.4) is 0 Å². The third-order valence-electron chi connectivity index (χ3n) is 2.89. The Morgan fingerprint density at radius 3 is 3.13 bits per heavy atom.